The fraction of sp³-hybridized carbons (Fsp3) is 0.846. The minimum absolute atomic E-state index is 0.0555. The molecule has 32 heavy (non-hydrogen) atoms. The molecule has 0 saturated heterocycles. The second kappa shape index (κ2) is 10.7. The molecule has 2 amide bonds. The molecule has 6 heteroatoms. The highest BCUT2D eigenvalue weighted by Gasteiger charge is 2.56. The van der Waals surface area contributed by atoms with Crippen LogP contribution in [-0.4, -0.2) is 72.6 Å². The number of nitrogens with zero attached hydrogens (tertiary/aromatic N) is 2. The summed E-state index contributed by atoms with van der Waals surface area (Å²) in [5.41, 5.74) is 1.35. The molecule has 0 radical (unpaired) electrons. The molecule has 1 heterocycles. The van der Waals surface area contributed by atoms with Crippen LogP contribution in [-0.2, 0) is 9.59 Å². The predicted octanol–water partition coefficient (Wildman–Crippen LogP) is 3.35. The second-order valence-corrected chi connectivity index (χ2v) is 11.0. The molecule has 2 aliphatic carbocycles. The van der Waals surface area contributed by atoms with Crippen molar-refractivity contribution in [3.05, 3.63) is 11.1 Å². The van der Waals surface area contributed by atoms with Crippen LogP contribution in [0.1, 0.15) is 78.6 Å². The van der Waals surface area contributed by atoms with Gasteiger partial charge < -0.3 is 20.2 Å². The Morgan fingerprint density at radius 3 is 2.44 bits per heavy atom. The first kappa shape index (κ1) is 25.2. The van der Waals surface area contributed by atoms with Crippen molar-refractivity contribution >= 4 is 11.8 Å². The SMILES string of the molecule is CC(C)N1C(=O)C2=C(CCCC2)[C@](C)(C(=O)NCCCN(C)C)[C@@H]1C1CCC(CO)CC1. The summed E-state index contributed by atoms with van der Waals surface area (Å²) in [6.45, 7) is 8.15. The lowest BCUT2D eigenvalue weighted by molar-refractivity contribution is -0.147. The van der Waals surface area contributed by atoms with Gasteiger partial charge in [-0.2, -0.15) is 0 Å². The zero-order valence-electron chi connectivity index (χ0n) is 21.0. The summed E-state index contributed by atoms with van der Waals surface area (Å²) >= 11 is 0. The maximum absolute atomic E-state index is 13.9. The minimum Gasteiger partial charge on any atom is -0.396 e. The summed E-state index contributed by atoms with van der Waals surface area (Å²) < 4.78 is 0. The van der Waals surface area contributed by atoms with Crippen LogP contribution in [0, 0.1) is 17.3 Å². The monoisotopic (exact) mass is 447 g/mol. The van der Waals surface area contributed by atoms with Gasteiger partial charge in [-0.3, -0.25) is 9.59 Å². The van der Waals surface area contributed by atoms with Crippen molar-refractivity contribution < 1.29 is 14.7 Å². The molecule has 6 nitrogen and oxygen atoms in total. The average molecular weight is 448 g/mol. The molecule has 3 aliphatic rings. The maximum atomic E-state index is 13.9. The molecule has 182 valence electrons. The third-order valence-electron chi connectivity index (χ3n) is 8.17. The summed E-state index contributed by atoms with van der Waals surface area (Å²) in [6.07, 6.45) is 8.55. The van der Waals surface area contributed by atoms with E-state index in [1.54, 1.807) is 0 Å². The zero-order valence-corrected chi connectivity index (χ0v) is 21.0. The Kier molecular flexibility index (Phi) is 8.42. The van der Waals surface area contributed by atoms with Gasteiger partial charge in [-0.1, -0.05) is 0 Å². The number of carbonyl (C=O) groups is 2. The van der Waals surface area contributed by atoms with Crippen molar-refractivity contribution in [2.75, 3.05) is 33.8 Å². The average Bonchev–Trinajstić information content (AvgIpc) is 2.78. The van der Waals surface area contributed by atoms with Crippen LogP contribution >= 0.6 is 0 Å². The molecule has 2 atom stereocenters. The molecule has 0 aromatic heterocycles. The molecule has 1 fully saturated rings. The van der Waals surface area contributed by atoms with Gasteiger partial charge in [0.05, 0.1) is 11.5 Å². The lowest BCUT2D eigenvalue weighted by atomic mass is 9.60. The van der Waals surface area contributed by atoms with Crippen LogP contribution in [0.2, 0.25) is 0 Å². The van der Waals surface area contributed by atoms with E-state index >= 15 is 0 Å². The summed E-state index contributed by atoms with van der Waals surface area (Å²) in [4.78, 5) is 31.8. The summed E-state index contributed by atoms with van der Waals surface area (Å²) in [6, 6.07) is -0.0553. The maximum Gasteiger partial charge on any atom is 0.250 e. The number of hydrogen-bond donors (Lipinski definition) is 2. The molecular weight excluding hydrogens is 402 g/mol. The lowest BCUT2D eigenvalue weighted by Gasteiger charge is -2.55. The van der Waals surface area contributed by atoms with Gasteiger partial charge in [0.2, 0.25) is 11.8 Å². The number of aliphatic hydroxyl groups is 1. The predicted molar refractivity (Wildman–Crippen MR) is 128 cm³/mol. The Balaban J connectivity index is 1.97. The third kappa shape index (κ3) is 4.91. The standard InChI is InChI=1S/C26H45N3O3/c1-18(2)29-23(20-13-11-19(17-30)12-14-20)26(3,25(32)27-15-8-16-28(4)5)22-10-7-6-9-21(22)24(29)31/h18-20,23,30H,6-17H2,1-5H3,(H,27,32)/t19?,20?,23-,26-/m0/s1. The molecule has 3 rings (SSSR count). The number of carbonyl (C=O) groups excluding carboxylic acids is 2. The highest BCUT2D eigenvalue weighted by molar-refractivity contribution is 6.00. The highest BCUT2D eigenvalue weighted by Crippen LogP contribution is 2.51. The molecule has 1 saturated carbocycles. The van der Waals surface area contributed by atoms with E-state index in [4.69, 9.17) is 0 Å². The quantitative estimate of drug-likeness (QED) is 0.560. The topological polar surface area (TPSA) is 72.9 Å². The molecule has 2 N–H and O–H groups in total. The third-order valence-corrected chi connectivity index (χ3v) is 8.17. The van der Waals surface area contributed by atoms with Crippen LogP contribution in [0.5, 0.6) is 0 Å². The number of hydrogen-bond acceptors (Lipinski definition) is 4. The largest absolute Gasteiger partial charge is 0.396 e. The molecule has 0 unspecified atom stereocenters. The Morgan fingerprint density at radius 1 is 1.19 bits per heavy atom. The van der Waals surface area contributed by atoms with Gasteiger partial charge in [0.25, 0.3) is 0 Å². The van der Waals surface area contributed by atoms with Crippen LogP contribution < -0.4 is 5.32 Å². The van der Waals surface area contributed by atoms with Gasteiger partial charge in [-0.15, -0.1) is 0 Å². The molecular formula is C26H45N3O3. The van der Waals surface area contributed by atoms with Crippen LogP contribution in [0.15, 0.2) is 11.1 Å². The summed E-state index contributed by atoms with van der Waals surface area (Å²) in [5, 5.41) is 12.9. The Bertz CT molecular complexity index is 709. The fourth-order valence-corrected chi connectivity index (χ4v) is 6.45. The van der Waals surface area contributed by atoms with Crippen molar-refractivity contribution in [2.24, 2.45) is 17.3 Å². The van der Waals surface area contributed by atoms with Crippen LogP contribution in [0.25, 0.3) is 0 Å². The van der Waals surface area contributed by atoms with E-state index in [-0.39, 0.29) is 36.4 Å². The highest BCUT2D eigenvalue weighted by atomic mass is 16.3. The summed E-state index contributed by atoms with van der Waals surface area (Å²) in [7, 11) is 4.10. The van der Waals surface area contributed by atoms with Crippen molar-refractivity contribution in [1.29, 1.82) is 0 Å². The number of aliphatic hydroxyl groups excluding tert-OH is 1. The minimum atomic E-state index is -0.678. The van der Waals surface area contributed by atoms with Gasteiger partial charge in [0.15, 0.2) is 0 Å². The van der Waals surface area contributed by atoms with Gasteiger partial charge in [-0.05, 0) is 117 Å². The van der Waals surface area contributed by atoms with E-state index in [1.165, 1.54) is 0 Å². The number of amides is 2. The van der Waals surface area contributed by atoms with E-state index in [9.17, 15) is 14.7 Å². The Labute approximate surface area is 194 Å². The smallest absolute Gasteiger partial charge is 0.250 e. The number of rotatable bonds is 8. The van der Waals surface area contributed by atoms with E-state index in [1.807, 2.05) is 14.1 Å². The molecule has 0 aromatic rings. The Hall–Kier alpha value is -1.40. The summed E-state index contributed by atoms with van der Waals surface area (Å²) in [5.74, 6) is 0.909. The van der Waals surface area contributed by atoms with Crippen molar-refractivity contribution in [2.45, 2.75) is 90.6 Å². The lowest BCUT2D eigenvalue weighted by Crippen LogP contribution is -2.65. The molecule has 1 aliphatic heterocycles. The fourth-order valence-electron chi connectivity index (χ4n) is 6.45. The van der Waals surface area contributed by atoms with Crippen molar-refractivity contribution in [3.8, 4) is 0 Å². The van der Waals surface area contributed by atoms with Crippen LogP contribution in [0.3, 0.4) is 0 Å². The van der Waals surface area contributed by atoms with Gasteiger partial charge in [0, 0.05) is 24.8 Å². The van der Waals surface area contributed by atoms with E-state index in [0.29, 0.717) is 12.5 Å². The Morgan fingerprint density at radius 2 is 1.84 bits per heavy atom. The first-order valence-corrected chi connectivity index (χ1v) is 12.8. The second-order valence-electron chi connectivity index (χ2n) is 11.0. The van der Waals surface area contributed by atoms with Gasteiger partial charge in [-0.25, -0.2) is 0 Å². The van der Waals surface area contributed by atoms with Crippen LogP contribution in [0.4, 0.5) is 0 Å². The normalized spacial score (nSPS) is 31.3. The van der Waals surface area contributed by atoms with E-state index < -0.39 is 5.41 Å². The first-order chi connectivity index (χ1) is 15.2. The number of nitrogens with one attached hydrogen (secondary N) is 1. The molecule has 0 bridgehead atoms. The van der Waals surface area contributed by atoms with Crippen molar-refractivity contribution in [3.63, 3.8) is 0 Å². The van der Waals surface area contributed by atoms with E-state index in [2.05, 4.69) is 35.9 Å². The first-order valence-electron chi connectivity index (χ1n) is 12.8. The zero-order chi connectivity index (χ0) is 23.5. The molecule has 0 aromatic carbocycles. The van der Waals surface area contributed by atoms with Gasteiger partial charge >= 0.3 is 0 Å². The molecule has 0 spiro atoms. The van der Waals surface area contributed by atoms with Gasteiger partial charge in [0.1, 0.15) is 0 Å². The van der Waals surface area contributed by atoms with E-state index in [0.717, 1.165) is 75.5 Å². The van der Waals surface area contributed by atoms with Crippen molar-refractivity contribution in [1.82, 2.24) is 15.1 Å².